The van der Waals surface area contributed by atoms with Crippen LogP contribution in [0.5, 0.6) is 0 Å². The molecule has 104 valence electrons. The highest BCUT2D eigenvalue weighted by Gasteiger charge is 2.50. The lowest BCUT2D eigenvalue weighted by atomic mass is 9.66. The fourth-order valence-electron chi connectivity index (χ4n) is 2.37. The third kappa shape index (κ3) is 2.66. The molecule has 0 amide bonds. The molecule has 0 aromatic rings. The smallest absolute Gasteiger partial charge is 0.317 e. The van der Waals surface area contributed by atoms with Gasteiger partial charge in [-0.1, -0.05) is 13.8 Å². The predicted octanol–water partition coefficient (Wildman–Crippen LogP) is 1.51. The average molecular weight is 257 g/mol. The summed E-state index contributed by atoms with van der Waals surface area (Å²) in [6, 6.07) is 0. The first-order chi connectivity index (χ1) is 8.09. The van der Waals surface area contributed by atoms with Gasteiger partial charge in [0.15, 0.2) is 0 Å². The normalized spacial score (nSPS) is 26.6. The van der Waals surface area contributed by atoms with Crippen molar-refractivity contribution in [1.82, 2.24) is 4.90 Å². The van der Waals surface area contributed by atoms with Crippen molar-refractivity contribution >= 4 is 11.9 Å². The van der Waals surface area contributed by atoms with E-state index in [4.69, 9.17) is 9.84 Å². The second-order valence-electron chi connectivity index (χ2n) is 6.04. The van der Waals surface area contributed by atoms with Crippen LogP contribution in [0.1, 0.15) is 40.5 Å². The SMILES string of the molecule is CN1CCC(OC(=O)CC(=O)O)C(C)(C)C1(C)C. The Morgan fingerprint density at radius 2 is 1.89 bits per heavy atom. The third-order valence-electron chi connectivity index (χ3n) is 4.63. The molecule has 1 aliphatic rings. The molecule has 1 aliphatic heterocycles. The van der Waals surface area contributed by atoms with E-state index < -0.39 is 18.4 Å². The molecule has 0 bridgehead atoms. The number of carboxylic acid groups (broad SMARTS) is 1. The van der Waals surface area contributed by atoms with E-state index in [0.717, 1.165) is 13.0 Å². The summed E-state index contributed by atoms with van der Waals surface area (Å²) < 4.78 is 5.35. The van der Waals surface area contributed by atoms with Gasteiger partial charge in [0.25, 0.3) is 0 Å². The number of nitrogens with zero attached hydrogens (tertiary/aromatic N) is 1. The van der Waals surface area contributed by atoms with Crippen LogP contribution < -0.4 is 0 Å². The maximum atomic E-state index is 11.5. The Morgan fingerprint density at radius 1 is 1.33 bits per heavy atom. The fourth-order valence-corrected chi connectivity index (χ4v) is 2.37. The van der Waals surface area contributed by atoms with Crippen molar-refractivity contribution in [2.45, 2.75) is 52.2 Å². The van der Waals surface area contributed by atoms with E-state index in [1.807, 2.05) is 0 Å². The number of piperidine rings is 1. The monoisotopic (exact) mass is 257 g/mol. The molecule has 0 aromatic heterocycles. The van der Waals surface area contributed by atoms with Crippen molar-refractivity contribution in [2.75, 3.05) is 13.6 Å². The largest absolute Gasteiger partial charge is 0.481 e. The second-order valence-corrected chi connectivity index (χ2v) is 6.04. The first-order valence-corrected chi connectivity index (χ1v) is 6.21. The molecule has 0 aliphatic carbocycles. The Morgan fingerprint density at radius 3 is 2.39 bits per heavy atom. The lowest BCUT2D eigenvalue weighted by Gasteiger charge is -2.55. The molecule has 18 heavy (non-hydrogen) atoms. The maximum Gasteiger partial charge on any atom is 0.317 e. The average Bonchev–Trinajstić information content (AvgIpc) is 2.19. The molecule has 0 saturated carbocycles. The summed E-state index contributed by atoms with van der Waals surface area (Å²) in [6.45, 7) is 9.18. The van der Waals surface area contributed by atoms with Crippen molar-refractivity contribution in [3.63, 3.8) is 0 Å². The molecule has 1 rings (SSSR count). The Bertz CT molecular complexity index is 349. The summed E-state index contributed by atoms with van der Waals surface area (Å²) in [5.41, 5.74) is -0.340. The number of hydrogen-bond acceptors (Lipinski definition) is 4. The molecule has 1 saturated heterocycles. The number of esters is 1. The standard InChI is InChI=1S/C13H23NO4/c1-12(2)9(18-11(17)8-10(15)16)6-7-14(5)13(12,3)4/h9H,6-8H2,1-5H3,(H,15,16). The van der Waals surface area contributed by atoms with E-state index in [1.54, 1.807) is 0 Å². The zero-order valence-corrected chi connectivity index (χ0v) is 11.8. The summed E-state index contributed by atoms with van der Waals surface area (Å²) in [6.07, 6.45) is -0.0724. The van der Waals surface area contributed by atoms with Gasteiger partial charge in [-0.15, -0.1) is 0 Å². The number of carbonyl (C=O) groups excluding carboxylic acids is 1. The highest BCUT2D eigenvalue weighted by Crippen LogP contribution is 2.44. The second kappa shape index (κ2) is 4.88. The number of rotatable bonds is 3. The van der Waals surface area contributed by atoms with E-state index >= 15 is 0 Å². The summed E-state index contributed by atoms with van der Waals surface area (Å²) in [7, 11) is 2.05. The first kappa shape index (κ1) is 15.0. The van der Waals surface area contributed by atoms with Crippen LogP contribution in [0, 0.1) is 5.41 Å². The van der Waals surface area contributed by atoms with Gasteiger partial charge in [0.1, 0.15) is 12.5 Å². The lowest BCUT2D eigenvalue weighted by molar-refractivity contribution is -0.173. The quantitative estimate of drug-likeness (QED) is 0.613. The van der Waals surface area contributed by atoms with Crippen molar-refractivity contribution in [1.29, 1.82) is 0 Å². The van der Waals surface area contributed by atoms with Crippen LogP contribution in [0.2, 0.25) is 0 Å². The van der Waals surface area contributed by atoms with Gasteiger partial charge in [0, 0.05) is 17.5 Å². The Balaban J connectivity index is 2.78. The molecule has 0 aromatic carbocycles. The number of carboxylic acids is 1. The molecule has 1 atom stereocenters. The molecule has 1 fully saturated rings. The van der Waals surface area contributed by atoms with Crippen molar-refractivity contribution in [3.8, 4) is 0 Å². The van der Waals surface area contributed by atoms with E-state index in [2.05, 4.69) is 39.6 Å². The number of carbonyl (C=O) groups is 2. The van der Waals surface area contributed by atoms with Crippen molar-refractivity contribution in [3.05, 3.63) is 0 Å². The van der Waals surface area contributed by atoms with Gasteiger partial charge in [-0.05, 0) is 27.3 Å². The first-order valence-electron chi connectivity index (χ1n) is 6.21. The molecule has 1 heterocycles. The van der Waals surface area contributed by atoms with Gasteiger partial charge in [0.05, 0.1) is 0 Å². The minimum atomic E-state index is -1.15. The Kier molecular flexibility index (Phi) is 4.05. The molecule has 1 N–H and O–H groups in total. The van der Waals surface area contributed by atoms with Crippen molar-refractivity contribution < 1.29 is 19.4 Å². The summed E-state index contributed by atoms with van der Waals surface area (Å²) in [4.78, 5) is 24.2. The molecule has 5 heteroatoms. The molecule has 5 nitrogen and oxygen atoms in total. The minimum Gasteiger partial charge on any atom is -0.481 e. The van der Waals surface area contributed by atoms with E-state index in [0.29, 0.717) is 0 Å². The van der Waals surface area contributed by atoms with Crippen LogP contribution in [0.25, 0.3) is 0 Å². The Hall–Kier alpha value is -1.10. The van der Waals surface area contributed by atoms with E-state index in [-0.39, 0.29) is 17.1 Å². The predicted molar refractivity (Wildman–Crippen MR) is 67.2 cm³/mol. The molecule has 0 radical (unpaired) electrons. The third-order valence-corrected chi connectivity index (χ3v) is 4.63. The Labute approximate surface area is 108 Å². The number of hydrogen-bond donors (Lipinski definition) is 1. The van der Waals surface area contributed by atoms with Gasteiger partial charge < -0.3 is 14.7 Å². The van der Waals surface area contributed by atoms with Gasteiger partial charge >= 0.3 is 11.9 Å². The maximum absolute atomic E-state index is 11.5. The zero-order chi connectivity index (χ0) is 14.1. The van der Waals surface area contributed by atoms with Gasteiger partial charge in [-0.3, -0.25) is 9.59 Å². The topological polar surface area (TPSA) is 66.8 Å². The summed E-state index contributed by atoms with van der Waals surface area (Å²) >= 11 is 0. The van der Waals surface area contributed by atoms with E-state index in [1.165, 1.54) is 0 Å². The van der Waals surface area contributed by atoms with E-state index in [9.17, 15) is 9.59 Å². The highest BCUT2D eigenvalue weighted by molar-refractivity contribution is 5.90. The number of likely N-dealkylation sites (tertiary alicyclic amines) is 1. The van der Waals surface area contributed by atoms with Gasteiger partial charge in [-0.2, -0.15) is 0 Å². The van der Waals surface area contributed by atoms with Crippen LogP contribution in [-0.4, -0.2) is 47.2 Å². The molecule has 0 spiro atoms. The summed E-state index contributed by atoms with van der Waals surface area (Å²) in [5, 5.41) is 8.58. The fraction of sp³-hybridized carbons (Fsp3) is 0.846. The van der Waals surface area contributed by atoms with Gasteiger partial charge in [-0.25, -0.2) is 0 Å². The lowest BCUT2D eigenvalue weighted by Crippen LogP contribution is -2.62. The van der Waals surface area contributed by atoms with Crippen LogP contribution in [0.15, 0.2) is 0 Å². The molecule has 1 unspecified atom stereocenters. The van der Waals surface area contributed by atoms with Crippen LogP contribution >= 0.6 is 0 Å². The van der Waals surface area contributed by atoms with Crippen LogP contribution in [-0.2, 0) is 14.3 Å². The van der Waals surface area contributed by atoms with Crippen LogP contribution in [0.3, 0.4) is 0 Å². The molecular weight excluding hydrogens is 234 g/mol. The zero-order valence-electron chi connectivity index (χ0n) is 11.8. The van der Waals surface area contributed by atoms with Crippen molar-refractivity contribution in [2.24, 2.45) is 5.41 Å². The highest BCUT2D eigenvalue weighted by atomic mass is 16.5. The summed E-state index contributed by atoms with van der Waals surface area (Å²) in [5.74, 6) is -1.80. The van der Waals surface area contributed by atoms with Crippen LogP contribution in [0.4, 0.5) is 0 Å². The number of aliphatic carboxylic acids is 1. The number of ether oxygens (including phenoxy) is 1. The minimum absolute atomic E-state index is 0.112. The van der Waals surface area contributed by atoms with Gasteiger partial charge in [0.2, 0.25) is 0 Å². The molecular formula is C13H23NO4.